The van der Waals surface area contributed by atoms with Crippen molar-refractivity contribution in [3.63, 3.8) is 0 Å². The highest BCUT2D eigenvalue weighted by Crippen LogP contribution is 2.44. The summed E-state index contributed by atoms with van der Waals surface area (Å²) in [7, 11) is 0. The Labute approximate surface area is 207 Å². The first-order valence-corrected chi connectivity index (χ1v) is 12.2. The standard InChI is InChI=1S/C28H36N2O5/c1-5-10-24(25(31)29-16-18(26(32)33)15-28(2,3)4)30-27(34)35-17-23-21-13-8-6-11-19(21)20-12-7-9-14-22(20)23/h6-9,11-14,18,23-24H,5,10,15-17H2,1-4H3,(H,29,31)(H,30,34)(H,32,33)/t18?,24-/m0/s1. The third kappa shape index (κ3) is 6.84. The zero-order valence-electron chi connectivity index (χ0n) is 21.0. The maximum atomic E-state index is 12.8. The second kappa shape index (κ2) is 11.4. The van der Waals surface area contributed by atoms with Gasteiger partial charge < -0.3 is 20.5 Å². The van der Waals surface area contributed by atoms with Crippen LogP contribution in [0.25, 0.3) is 11.1 Å². The Morgan fingerprint density at radius 1 is 1.00 bits per heavy atom. The lowest BCUT2D eigenvalue weighted by Crippen LogP contribution is -2.48. The van der Waals surface area contributed by atoms with Crippen LogP contribution in [0.4, 0.5) is 4.79 Å². The lowest BCUT2D eigenvalue weighted by atomic mass is 9.84. The topological polar surface area (TPSA) is 105 Å². The molecule has 1 aliphatic carbocycles. The molecular weight excluding hydrogens is 444 g/mol. The van der Waals surface area contributed by atoms with Gasteiger partial charge in [0.25, 0.3) is 0 Å². The highest BCUT2D eigenvalue weighted by molar-refractivity contribution is 5.86. The van der Waals surface area contributed by atoms with E-state index in [0.717, 1.165) is 22.3 Å². The van der Waals surface area contributed by atoms with Gasteiger partial charge in [0.1, 0.15) is 12.6 Å². The molecule has 0 spiro atoms. The molecule has 7 nitrogen and oxygen atoms in total. The smallest absolute Gasteiger partial charge is 0.407 e. The molecule has 0 saturated carbocycles. The fraction of sp³-hybridized carbons (Fsp3) is 0.464. The van der Waals surface area contributed by atoms with Crippen LogP contribution in [-0.4, -0.2) is 42.3 Å². The van der Waals surface area contributed by atoms with E-state index in [1.807, 2.05) is 64.1 Å². The van der Waals surface area contributed by atoms with Gasteiger partial charge in [-0.25, -0.2) is 4.79 Å². The molecule has 0 saturated heterocycles. The number of nitrogens with one attached hydrogen (secondary N) is 2. The SMILES string of the molecule is CCC[C@H](NC(=O)OCC1c2ccccc2-c2ccccc21)C(=O)NCC(CC(C)(C)C)C(=O)O. The summed E-state index contributed by atoms with van der Waals surface area (Å²) >= 11 is 0. The van der Waals surface area contributed by atoms with Gasteiger partial charge in [0.2, 0.25) is 5.91 Å². The Morgan fingerprint density at radius 3 is 2.09 bits per heavy atom. The number of carboxylic acids is 1. The Bertz CT molecular complexity index is 1010. The average molecular weight is 481 g/mol. The summed E-state index contributed by atoms with van der Waals surface area (Å²) in [5.41, 5.74) is 4.33. The minimum Gasteiger partial charge on any atom is -0.481 e. The van der Waals surface area contributed by atoms with Gasteiger partial charge in [-0.2, -0.15) is 0 Å². The van der Waals surface area contributed by atoms with Crippen molar-refractivity contribution < 1.29 is 24.2 Å². The van der Waals surface area contributed by atoms with Crippen LogP contribution in [-0.2, 0) is 14.3 Å². The quantitative estimate of drug-likeness (QED) is 0.446. The number of carboxylic acid groups (broad SMARTS) is 1. The van der Waals surface area contributed by atoms with Crippen molar-refractivity contribution in [2.24, 2.45) is 11.3 Å². The van der Waals surface area contributed by atoms with Gasteiger partial charge in [-0.3, -0.25) is 9.59 Å². The summed E-state index contributed by atoms with van der Waals surface area (Å²) in [4.78, 5) is 37.0. The van der Waals surface area contributed by atoms with E-state index >= 15 is 0 Å². The van der Waals surface area contributed by atoms with E-state index in [4.69, 9.17) is 4.74 Å². The van der Waals surface area contributed by atoms with Crippen LogP contribution >= 0.6 is 0 Å². The molecule has 1 unspecified atom stereocenters. The van der Waals surface area contributed by atoms with Crippen LogP contribution < -0.4 is 10.6 Å². The van der Waals surface area contributed by atoms with Crippen molar-refractivity contribution in [1.82, 2.24) is 10.6 Å². The summed E-state index contributed by atoms with van der Waals surface area (Å²) in [5, 5.41) is 14.9. The number of carbonyl (C=O) groups excluding carboxylic acids is 2. The number of fused-ring (bicyclic) bond motifs is 3. The van der Waals surface area contributed by atoms with E-state index < -0.39 is 29.9 Å². The number of hydrogen-bond acceptors (Lipinski definition) is 4. The summed E-state index contributed by atoms with van der Waals surface area (Å²) in [5.74, 6) is -2.12. The number of hydrogen-bond donors (Lipinski definition) is 3. The second-order valence-electron chi connectivity index (χ2n) is 10.4. The molecule has 2 atom stereocenters. The Morgan fingerprint density at radius 2 is 1.57 bits per heavy atom. The van der Waals surface area contributed by atoms with E-state index in [2.05, 4.69) is 22.8 Å². The molecule has 0 aromatic heterocycles. The molecule has 3 rings (SSSR count). The van der Waals surface area contributed by atoms with Gasteiger partial charge >= 0.3 is 12.1 Å². The molecule has 0 radical (unpaired) electrons. The van der Waals surface area contributed by atoms with Crippen molar-refractivity contribution >= 4 is 18.0 Å². The van der Waals surface area contributed by atoms with Gasteiger partial charge in [-0.1, -0.05) is 82.6 Å². The highest BCUT2D eigenvalue weighted by Gasteiger charge is 2.30. The molecule has 0 fully saturated rings. The van der Waals surface area contributed by atoms with E-state index in [9.17, 15) is 19.5 Å². The van der Waals surface area contributed by atoms with Crippen LogP contribution in [0.3, 0.4) is 0 Å². The first kappa shape index (κ1) is 26.3. The van der Waals surface area contributed by atoms with Crippen molar-refractivity contribution in [3.05, 3.63) is 59.7 Å². The lowest BCUT2D eigenvalue weighted by Gasteiger charge is -2.24. The number of aliphatic carboxylic acids is 1. The van der Waals surface area contributed by atoms with Gasteiger partial charge in [0, 0.05) is 12.5 Å². The molecule has 3 N–H and O–H groups in total. The molecular formula is C28H36N2O5. The zero-order chi connectivity index (χ0) is 25.6. The van der Waals surface area contributed by atoms with Crippen molar-refractivity contribution in [3.8, 4) is 11.1 Å². The van der Waals surface area contributed by atoms with Gasteiger partial charge in [-0.05, 0) is 40.5 Å². The Kier molecular flexibility index (Phi) is 8.54. The summed E-state index contributed by atoms with van der Waals surface area (Å²) in [6.45, 7) is 7.97. The third-order valence-electron chi connectivity index (χ3n) is 6.26. The number of benzene rings is 2. The fourth-order valence-electron chi connectivity index (χ4n) is 4.67. The van der Waals surface area contributed by atoms with E-state index in [1.165, 1.54) is 0 Å². The number of ether oxygens (including phenoxy) is 1. The number of amides is 2. The molecule has 2 aromatic carbocycles. The van der Waals surface area contributed by atoms with Crippen molar-refractivity contribution in [2.45, 2.75) is 58.9 Å². The van der Waals surface area contributed by atoms with E-state index in [-0.39, 0.29) is 24.5 Å². The highest BCUT2D eigenvalue weighted by atomic mass is 16.5. The minimum atomic E-state index is -0.947. The van der Waals surface area contributed by atoms with Gasteiger partial charge in [0.15, 0.2) is 0 Å². The third-order valence-corrected chi connectivity index (χ3v) is 6.26. The molecule has 188 valence electrons. The van der Waals surface area contributed by atoms with Crippen molar-refractivity contribution in [1.29, 1.82) is 0 Å². The second-order valence-corrected chi connectivity index (χ2v) is 10.4. The normalized spacial score (nSPS) is 14.4. The fourth-order valence-corrected chi connectivity index (χ4v) is 4.67. The van der Waals surface area contributed by atoms with Crippen LogP contribution in [0.2, 0.25) is 0 Å². The first-order valence-electron chi connectivity index (χ1n) is 12.2. The van der Waals surface area contributed by atoms with Gasteiger partial charge in [0.05, 0.1) is 5.92 Å². The predicted molar refractivity (Wildman–Crippen MR) is 135 cm³/mol. The molecule has 35 heavy (non-hydrogen) atoms. The van der Waals surface area contributed by atoms with Crippen LogP contribution in [0.5, 0.6) is 0 Å². The lowest BCUT2D eigenvalue weighted by molar-refractivity contribution is -0.142. The maximum Gasteiger partial charge on any atom is 0.407 e. The molecule has 0 heterocycles. The molecule has 2 aromatic rings. The monoisotopic (exact) mass is 480 g/mol. The van der Waals surface area contributed by atoms with E-state index in [1.54, 1.807) is 0 Å². The maximum absolute atomic E-state index is 12.8. The van der Waals surface area contributed by atoms with Crippen LogP contribution in [0, 0.1) is 11.3 Å². The van der Waals surface area contributed by atoms with Crippen LogP contribution in [0.1, 0.15) is 64.0 Å². The van der Waals surface area contributed by atoms with Crippen molar-refractivity contribution in [2.75, 3.05) is 13.2 Å². The molecule has 0 aliphatic heterocycles. The Hall–Kier alpha value is -3.35. The number of carbonyl (C=O) groups is 3. The Balaban J connectivity index is 1.59. The van der Waals surface area contributed by atoms with Gasteiger partial charge in [-0.15, -0.1) is 0 Å². The molecule has 2 amide bonds. The number of alkyl carbamates (subject to hydrolysis) is 1. The number of rotatable bonds is 10. The van der Waals surface area contributed by atoms with Crippen LogP contribution in [0.15, 0.2) is 48.5 Å². The minimum absolute atomic E-state index is 0.0119. The zero-order valence-corrected chi connectivity index (χ0v) is 21.0. The van der Waals surface area contributed by atoms with E-state index in [0.29, 0.717) is 19.3 Å². The average Bonchev–Trinajstić information content (AvgIpc) is 3.13. The molecule has 0 bridgehead atoms. The molecule has 7 heteroatoms. The summed E-state index contributed by atoms with van der Waals surface area (Å²) < 4.78 is 5.57. The first-order chi connectivity index (χ1) is 16.6. The summed E-state index contributed by atoms with van der Waals surface area (Å²) in [6, 6.07) is 15.4. The predicted octanol–water partition coefficient (Wildman–Crippen LogP) is 4.95. The summed E-state index contributed by atoms with van der Waals surface area (Å²) in [6.07, 6.45) is 0.866. The molecule has 1 aliphatic rings. The largest absolute Gasteiger partial charge is 0.481 e.